The summed E-state index contributed by atoms with van der Waals surface area (Å²) in [6, 6.07) is 0. The molecule has 1 saturated carbocycles. The molecule has 19 heavy (non-hydrogen) atoms. The first-order valence-electron chi connectivity index (χ1n) is 6.70. The van der Waals surface area contributed by atoms with Gasteiger partial charge in [0.1, 0.15) is 0 Å². The van der Waals surface area contributed by atoms with Gasteiger partial charge >= 0.3 is 0 Å². The highest BCUT2D eigenvalue weighted by Gasteiger charge is 2.34. The molecule has 114 valence electrons. The second-order valence-corrected chi connectivity index (χ2v) is 7.10. The van der Waals surface area contributed by atoms with Crippen molar-refractivity contribution in [3.63, 3.8) is 0 Å². The molecular formula is C13H28IN3OS. The van der Waals surface area contributed by atoms with Crippen molar-refractivity contribution < 1.29 is 5.11 Å². The van der Waals surface area contributed by atoms with Gasteiger partial charge in [0, 0.05) is 17.8 Å². The molecule has 0 spiro atoms. The summed E-state index contributed by atoms with van der Waals surface area (Å²) in [5, 5.41) is 16.5. The molecule has 0 saturated heterocycles. The van der Waals surface area contributed by atoms with E-state index in [1.165, 1.54) is 0 Å². The van der Waals surface area contributed by atoms with E-state index < -0.39 is 5.60 Å². The lowest BCUT2D eigenvalue weighted by Crippen LogP contribution is -2.50. The lowest BCUT2D eigenvalue weighted by atomic mass is 9.80. The topological polar surface area (TPSA) is 56.7 Å². The molecule has 0 bridgehead atoms. The van der Waals surface area contributed by atoms with Gasteiger partial charge in [0.15, 0.2) is 5.96 Å². The van der Waals surface area contributed by atoms with Gasteiger partial charge in [-0.15, -0.1) is 24.0 Å². The Labute approximate surface area is 138 Å². The molecule has 0 heterocycles. The van der Waals surface area contributed by atoms with Crippen LogP contribution in [0.2, 0.25) is 0 Å². The van der Waals surface area contributed by atoms with Crippen LogP contribution in [0.25, 0.3) is 0 Å². The van der Waals surface area contributed by atoms with Gasteiger partial charge in [-0.1, -0.05) is 0 Å². The Bertz CT molecular complexity index is 294. The predicted octanol–water partition coefficient (Wildman–Crippen LogP) is 2.22. The Morgan fingerprint density at radius 1 is 1.37 bits per heavy atom. The largest absolute Gasteiger partial charge is 0.388 e. The molecule has 1 fully saturated rings. The van der Waals surface area contributed by atoms with Crippen LogP contribution in [0.4, 0.5) is 0 Å². The average Bonchev–Trinajstić information content (AvgIpc) is 2.30. The van der Waals surface area contributed by atoms with E-state index in [9.17, 15) is 5.11 Å². The molecular weight excluding hydrogens is 373 g/mol. The number of guanidine groups is 1. The SMILES string of the molecule is CCNC(=NCC(C)(C)SC)NCC1(O)CCC1.I. The first kappa shape index (κ1) is 19.3. The van der Waals surface area contributed by atoms with Crippen molar-refractivity contribution in [2.45, 2.75) is 50.4 Å². The Morgan fingerprint density at radius 2 is 2.00 bits per heavy atom. The van der Waals surface area contributed by atoms with Gasteiger partial charge in [-0.25, -0.2) is 0 Å². The van der Waals surface area contributed by atoms with Crippen LogP contribution in [0.5, 0.6) is 0 Å². The molecule has 0 amide bonds. The quantitative estimate of drug-likeness (QED) is 0.363. The highest BCUT2D eigenvalue weighted by molar-refractivity contribution is 14.0. The minimum absolute atomic E-state index is 0. The molecule has 0 unspecified atom stereocenters. The summed E-state index contributed by atoms with van der Waals surface area (Å²) in [6.07, 6.45) is 5.03. The zero-order chi connectivity index (χ0) is 13.6. The molecule has 0 aliphatic heterocycles. The first-order valence-corrected chi connectivity index (χ1v) is 7.93. The van der Waals surface area contributed by atoms with Crippen LogP contribution in [-0.4, -0.2) is 47.3 Å². The van der Waals surface area contributed by atoms with Crippen molar-refractivity contribution in [2.24, 2.45) is 4.99 Å². The van der Waals surface area contributed by atoms with Gasteiger partial charge in [0.05, 0.1) is 12.1 Å². The molecule has 0 atom stereocenters. The minimum Gasteiger partial charge on any atom is -0.388 e. The van der Waals surface area contributed by atoms with Crippen molar-refractivity contribution in [1.82, 2.24) is 10.6 Å². The molecule has 4 nitrogen and oxygen atoms in total. The van der Waals surface area contributed by atoms with Gasteiger partial charge in [0.2, 0.25) is 0 Å². The predicted molar refractivity (Wildman–Crippen MR) is 95.8 cm³/mol. The van der Waals surface area contributed by atoms with Gasteiger partial charge in [-0.2, -0.15) is 11.8 Å². The fourth-order valence-electron chi connectivity index (χ4n) is 1.69. The summed E-state index contributed by atoms with van der Waals surface area (Å²) in [7, 11) is 0. The zero-order valence-electron chi connectivity index (χ0n) is 12.5. The third-order valence-electron chi connectivity index (χ3n) is 3.38. The van der Waals surface area contributed by atoms with Crippen LogP contribution in [0.3, 0.4) is 0 Å². The number of halogens is 1. The maximum Gasteiger partial charge on any atom is 0.191 e. The number of rotatable bonds is 6. The van der Waals surface area contributed by atoms with Crippen LogP contribution in [0, 0.1) is 0 Å². The standard InChI is InChI=1S/C13H27N3OS.HI/c1-5-14-11(15-9-12(2,3)18-4)16-10-13(17)7-6-8-13;/h17H,5-10H2,1-4H3,(H2,14,15,16);1H. The smallest absolute Gasteiger partial charge is 0.191 e. The maximum absolute atomic E-state index is 10.1. The normalized spacial score (nSPS) is 18.3. The highest BCUT2D eigenvalue weighted by Crippen LogP contribution is 2.30. The molecule has 3 N–H and O–H groups in total. The summed E-state index contributed by atoms with van der Waals surface area (Å²) in [6.45, 7) is 8.62. The fourth-order valence-corrected chi connectivity index (χ4v) is 1.88. The van der Waals surface area contributed by atoms with Crippen LogP contribution >= 0.6 is 35.7 Å². The van der Waals surface area contributed by atoms with E-state index in [1.807, 2.05) is 11.8 Å². The van der Waals surface area contributed by atoms with E-state index in [1.54, 1.807) is 0 Å². The van der Waals surface area contributed by atoms with Gasteiger partial charge in [0.25, 0.3) is 0 Å². The molecule has 1 aliphatic carbocycles. The lowest BCUT2D eigenvalue weighted by Gasteiger charge is -2.37. The van der Waals surface area contributed by atoms with Crippen LogP contribution in [-0.2, 0) is 0 Å². The molecule has 0 aromatic carbocycles. The molecule has 1 rings (SSSR count). The monoisotopic (exact) mass is 401 g/mol. The van der Waals surface area contributed by atoms with Gasteiger partial charge in [-0.3, -0.25) is 4.99 Å². The first-order chi connectivity index (χ1) is 8.41. The maximum atomic E-state index is 10.1. The van der Waals surface area contributed by atoms with Crippen molar-refractivity contribution in [1.29, 1.82) is 0 Å². The minimum atomic E-state index is -0.509. The molecule has 1 aliphatic rings. The third-order valence-corrected chi connectivity index (χ3v) is 4.62. The zero-order valence-corrected chi connectivity index (χ0v) is 15.6. The van der Waals surface area contributed by atoms with Crippen LogP contribution < -0.4 is 10.6 Å². The molecule has 6 heteroatoms. The summed E-state index contributed by atoms with van der Waals surface area (Å²) < 4.78 is 0.149. The van der Waals surface area contributed by atoms with E-state index >= 15 is 0 Å². The molecule has 0 aromatic rings. The Hall–Kier alpha value is 0.310. The van der Waals surface area contributed by atoms with Crippen LogP contribution in [0.1, 0.15) is 40.0 Å². The fraction of sp³-hybridized carbons (Fsp3) is 0.923. The van der Waals surface area contributed by atoms with E-state index in [0.717, 1.165) is 38.3 Å². The number of nitrogens with one attached hydrogen (secondary N) is 2. The Kier molecular flexibility index (Phi) is 8.70. The number of thioether (sulfide) groups is 1. The summed E-state index contributed by atoms with van der Waals surface area (Å²) >= 11 is 1.81. The van der Waals surface area contributed by atoms with E-state index in [-0.39, 0.29) is 28.7 Å². The Morgan fingerprint density at radius 3 is 2.42 bits per heavy atom. The summed E-state index contributed by atoms with van der Waals surface area (Å²) in [4.78, 5) is 4.58. The van der Waals surface area contributed by atoms with Crippen molar-refractivity contribution in [2.75, 3.05) is 25.9 Å². The average molecular weight is 401 g/mol. The molecule has 0 aromatic heterocycles. The number of hydrogen-bond donors (Lipinski definition) is 3. The molecule has 0 radical (unpaired) electrons. The summed E-state index contributed by atoms with van der Waals surface area (Å²) in [5.74, 6) is 0.806. The van der Waals surface area contributed by atoms with E-state index in [2.05, 4.69) is 42.7 Å². The van der Waals surface area contributed by atoms with Gasteiger partial charge < -0.3 is 15.7 Å². The second-order valence-electron chi connectivity index (χ2n) is 5.59. The highest BCUT2D eigenvalue weighted by atomic mass is 127. The van der Waals surface area contributed by atoms with Crippen molar-refractivity contribution >= 4 is 41.7 Å². The third kappa shape index (κ3) is 7.04. The van der Waals surface area contributed by atoms with E-state index in [4.69, 9.17) is 0 Å². The summed E-state index contributed by atoms with van der Waals surface area (Å²) in [5.41, 5.74) is -0.509. The number of aliphatic imine (C=N–C) groups is 1. The number of nitrogens with zero attached hydrogens (tertiary/aromatic N) is 1. The Balaban J connectivity index is 0.00000324. The van der Waals surface area contributed by atoms with E-state index in [0.29, 0.717) is 6.54 Å². The van der Waals surface area contributed by atoms with Crippen molar-refractivity contribution in [3.05, 3.63) is 0 Å². The van der Waals surface area contributed by atoms with Crippen molar-refractivity contribution in [3.8, 4) is 0 Å². The van der Waals surface area contributed by atoms with Gasteiger partial charge in [-0.05, 0) is 46.3 Å². The number of hydrogen-bond acceptors (Lipinski definition) is 3. The second kappa shape index (κ2) is 8.56. The number of aliphatic hydroxyl groups is 1. The van der Waals surface area contributed by atoms with Crippen LogP contribution in [0.15, 0.2) is 4.99 Å². The lowest BCUT2D eigenvalue weighted by molar-refractivity contribution is -0.0279.